The molecule has 2 N–H and O–H groups in total. The SMILES string of the molecule is O=C(N/N=C/C=C/c1ccc([N+](=O)[O-])cc1)c1cc2ccccc2cc1O. The van der Waals surface area contributed by atoms with E-state index in [0.717, 1.165) is 16.3 Å². The fourth-order valence-electron chi connectivity index (χ4n) is 2.47. The Labute approximate surface area is 154 Å². The van der Waals surface area contributed by atoms with Gasteiger partial charge in [-0.1, -0.05) is 30.3 Å². The highest BCUT2D eigenvalue weighted by molar-refractivity contribution is 6.01. The number of phenols is 1. The molecule has 1 amide bonds. The van der Waals surface area contributed by atoms with Crippen molar-refractivity contribution in [1.29, 1.82) is 0 Å². The van der Waals surface area contributed by atoms with Crippen LogP contribution in [0.4, 0.5) is 5.69 Å². The molecule has 0 saturated heterocycles. The van der Waals surface area contributed by atoms with Crippen molar-refractivity contribution in [3.63, 3.8) is 0 Å². The number of carbonyl (C=O) groups excluding carboxylic acids is 1. The molecule has 7 nitrogen and oxygen atoms in total. The van der Waals surface area contributed by atoms with Crippen molar-refractivity contribution >= 4 is 34.7 Å². The number of amides is 1. The number of nitro groups is 1. The van der Waals surface area contributed by atoms with E-state index in [1.165, 1.54) is 24.4 Å². The number of fused-ring (bicyclic) bond motifs is 1. The highest BCUT2D eigenvalue weighted by Crippen LogP contribution is 2.24. The van der Waals surface area contributed by atoms with Crippen molar-refractivity contribution in [3.05, 3.63) is 88.0 Å². The summed E-state index contributed by atoms with van der Waals surface area (Å²) in [6.45, 7) is 0. The number of nitrogens with one attached hydrogen (secondary N) is 1. The lowest BCUT2D eigenvalue weighted by Gasteiger charge is -2.05. The van der Waals surface area contributed by atoms with Crippen molar-refractivity contribution in [2.24, 2.45) is 5.10 Å². The Balaban J connectivity index is 1.63. The maximum atomic E-state index is 12.2. The van der Waals surface area contributed by atoms with Crippen LogP contribution in [0.3, 0.4) is 0 Å². The van der Waals surface area contributed by atoms with Gasteiger partial charge in [0.05, 0.1) is 10.5 Å². The summed E-state index contributed by atoms with van der Waals surface area (Å²) in [6.07, 6.45) is 4.64. The first-order chi connectivity index (χ1) is 13.0. The Morgan fingerprint density at radius 1 is 1.07 bits per heavy atom. The van der Waals surface area contributed by atoms with Gasteiger partial charge in [0.15, 0.2) is 0 Å². The monoisotopic (exact) mass is 361 g/mol. The average molecular weight is 361 g/mol. The minimum absolute atomic E-state index is 0.0169. The van der Waals surface area contributed by atoms with Crippen LogP contribution in [-0.2, 0) is 0 Å². The molecule has 3 aromatic rings. The molecule has 0 aromatic heterocycles. The Morgan fingerprint density at radius 2 is 1.74 bits per heavy atom. The molecule has 0 aliphatic rings. The van der Waals surface area contributed by atoms with Crippen molar-refractivity contribution in [3.8, 4) is 5.75 Å². The van der Waals surface area contributed by atoms with Crippen LogP contribution in [0.1, 0.15) is 15.9 Å². The third-order valence-electron chi connectivity index (χ3n) is 3.83. The molecule has 3 aromatic carbocycles. The van der Waals surface area contributed by atoms with Gasteiger partial charge in [0.2, 0.25) is 0 Å². The molecule has 0 saturated carbocycles. The van der Waals surface area contributed by atoms with Gasteiger partial charge >= 0.3 is 0 Å². The average Bonchev–Trinajstić information content (AvgIpc) is 2.67. The lowest BCUT2D eigenvalue weighted by atomic mass is 10.1. The van der Waals surface area contributed by atoms with Crippen LogP contribution in [-0.4, -0.2) is 22.2 Å². The Morgan fingerprint density at radius 3 is 2.41 bits per heavy atom. The first-order valence-corrected chi connectivity index (χ1v) is 8.01. The summed E-state index contributed by atoms with van der Waals surface area (Å²) in [4.78, 5) is 22.3. The predicted molar refractivity (Wildman–Crippen MR) is 104 cm³/mol. The second kappa shape index (κ2) is 7.92. The second-order valence-electron chi connectivity index (χ2n) is 5.64. The maximum Gasteiger partial charge on any atom is 0.275 e. The van der Waals surface area contributed by atoms with Gasteiger partial charge in [-0.05, 0) is 46.7 Å². The molecule has 0 unspecified atom stereocenters. The first-order valence-electron chi connectivity index (χ1n) is 8.01. The fourth-order valence-corrected chi connectivity index (χ4v) is 2.47. The molecule has 0 radical (unpaired) electrons. The van der Waals surface area contributed by atoms with Crippen LogP contribution in [0.25, 0.3) is 16.8 Å². The van der Waals surface area contributed by atoms with E-state index in [4.69, 9.17) is 0 Å². The maximum absolute atomic E-state index is 12.2. The number of hydrazone groups is 1. The number of non-ortho nitro benzene ring substituents is 1. The summed E-state index contributed by atoms with van der Waals surface area (Å²) in [5.41, 5.74) is 3.25. The standard InChI is InChI=1S/C20H15N3O4/c24-19-13-16-6-2-1-5-15(16)12-18(19)20(25)22-21-11-3-4-14-7-9-17(10-8-14)23(26)27/h1-13,24H,(H,22,25)/b4-3+,21-11+. The number of benzene rings is 3. The Hall–Kier alpha value is -4.00. The van der Waals surface area contributed by atoms with Crippen molar-refractivity contribution in [2.75, 3.05) is 0 Å². The van der Waals surface area contributed by atoms with Gasteiger partial charge < -0.3 is 5.11 Å². The molecule has 7 heteroatoms. The summed E-state index contributed by atoms with van der Waals surface area (Å²) >= 11 is 0. The van der Waals surface area contributed by atoms with E-state index in [-0.39, 0.29) is 17.0 Å². The molecular formula is C20H15N3O4. The van der Waals surface area contributed by atoms with Gasteiger partial charge in [-0.15, -0.1) is 0 Å². The van der Waals surface area contributed by atoms with Gasteiger partial charge in [0.1, 0.15) is 5.75 Å². The number of phenolic OH excluding ortho intramolecular Hbond substituents is 1. The van der Waals surface area contributed by atoms with Crippen molar-refractivity contribution in [1.82, 2.24) is 5.43 Å². The zero-order valence-electron chi connectivity index (χ0n) is 14.1. The molecule has 0 heterocycles. The zero-order valence-corrected chi connectivity index (χ0v) is 14.1. The molecule has 3 rings (SSSR count). The van der Waals surface area contributed by atoms with Gasteiger partial charge in [-0.25, -0.2) is 5.43 Å². The normalized spacial score (nSPS) is 11.3. The van der Waals surface area contributed by atoms with Gasteiger partial charge in [-0.2, -0.15) is 5.10 Å². The summed E-state index contributed by atoms with van der Waals surface area (Å²) in [5.74, 6) is -0.652. The molecule has 0 bridgehead atoms. The fraction of sp³-hybridized carbons (Fsp3) is 0. The van der Waals surface area contributed by atoms with Crippen LogP contribution in [0, 0.1) is 10.1 Å². The number of aromatic hydroxyl groups is 1. The van der Waals surface area contributed by atoms with E-state index in [1.807, 2.05) is 24.3 Å². The number of rotatable bonds is 5. The largest absolute Gasteiger partial charge is 0.507 e. The Bertz CT molecular complexity index is 1060. The van der Waals surface area contributed by atoms with Gasteiger partial charge in [0.25, 0.3) is 11.6 Å². The first kappa shape index (κ1) is 17.8. The van der Waals surface area contributed by atoms with Gasteiger partial charge in [0, 0.05) is 18.3 Å². The predicted octanol–water partition coefficient (Wildman–Crippen LogP) is 3.88. The van der Waals surface area contributed by atoms with Crippen LogP contribution < -0.4 is 5.43 Å². The molecule has 0 fully saturated rings. The second-order valence-corrected chi connectivity index (χ2v) is 5.64. The van der Waals surface area contributed by atoms with Crippen LogP contribution >= 0.6 is 0 Å². The number of hydrogen-bond acceptors (Lipinski definition) is 5. The van der Waals surface area contributed by atoms with Crippen molar-refractivity contribution in [2.45, 2.75) is 0 Å². The quantitative estimate of drug-likeness (QED) is 0.409. The minimum Gasteiger partial charge on any atom is -0.507 e. The molecule has 0 spiro atoms. The lowest BCUT2D eigenvalue weighted by Crippen LogP contribution is -2.17. The third kappa shape index (κ3) is 4.35. The number of allylic oxidation sites excluding steroid dienone is 1. The number of nitrogens with zero attached hydrogens (tertiary/aromatic N) is 2. The third-order valence-corrected chi connectivity index (χ3v) is 3.83. The molecule has 27 heavy (non-hydrogen) atoms. The molecule has 0 aliphatic heterocycles. The molecule has 0 aliphatic carbocycles. The number of carbonyl (C=O) groups is 1. The van der Waals surface area contributed by atoms with Crippen LogP contribution in [0.5, 0.6) is 5.75 Å². The summed E-state index contributed by atoms with van der Waals surface area (Å²) < 4.78 is 0. The van der Waals surface area contributed by atoms with E-state index < -0.39 is 10.8 Å². The topological polar surface area (TPSA) is 105 Å². The van der Waals surface area contributed by atoms with E-state index >= 15 is 0 Å². The lowest BCUT2D eigenvalue weighted by molar-refractivity contribution is -0.384. The summed E-state index contributed by atoms with van der Waals surface area (Å²) in [7, 11) is 0. The zero-order chi connectivity index (χ0) is 19.2. The highest BCUT2D eigenvalue weighted by Gasteiger charge is 2.11. The molecule has 134 valence electrons. The Kier molecular flexibility index (Phi) is 5.22. The number of nitro benzene ring substituents is 1. The van der Waals surface area contributed by atoms with E-state index in [9.17, 15) is 20.0 Å². The molecule has 0 atom stereocenters. The molecular weight excluding hydrogens is 346 g/mol. The van der Waals surface area contributed by atoms with E-state index in [1.54, 1.807) is 30.4 Å². The van der Waals surface area contributed by atoms with Crippen LogP contribution in [0.15, 0.2) is 71.8 Å². The van der Waals surface area contributed by atoms with E-state index in [0.29, 0.717) is 0 Å². The summed E-state index contributed by atoms with van der Waals surface area (Å²) in [6, 6.07) is 16.5. The minimum atomic E-state index is -0.529. The van der Waals surface area contributed by atoms with Crippen LogP contribution in [0.2, 0.25) is 0 Å². The van der Waals surface area contributed by atoms with Gasteiger partial charge in [-0.3, -0.25) is 14.9 Å². The van der Waals surface area contributed by atoms with Crippen molar-refractivity contribution < 1.29 is 14.8 Å². The number of hydrogen-bond donors (Lipinski definition) is 2. The highest BCUT2D eigenvalue weighted by atomic mass is 16.6. The smallest absolute Gasteiger partial charge is 0.275 e. The summed E-state index contributed by atoms with van der Waals surface area (Å²) in [5, 5.41) is 26.1. The van der Waals surface area contributed by atoms with E-state index in [2.05, 4.69) is 10.5 Å².